The molecule has 1 aliphatic carbocycles. The topological polar surface area (TPSA) is 34.1 Å². The van der Waals surface area contributed by atoms with Gasteiger partial charge in [-0.2, -0.15) is 0 Å². The maximum absolute atomic E-state index is 13.9. The van der Waals surface area contributed by atoms with E-state index in [4.69, 9.17) is 0 Å². The number of carbonyl (C=O) groups is 1. The number of rotatable bonds is 4. The van der Waals surface area contributed by atoms with Gasteiger partial charge in [-0.15, -0.1) is 0 Å². The zero-order valence-electron chi connectivity index (χ0n) is 12.7. The van der Waals surface area contributed by atoms with Gasteiger partial charge in [0.05, 0.1) is 0 Å². The molecule has 2 aromatic carbocycles. The Morgan fingerprint density at radius 1 is 0.773 bits per heavy atom. The molecule has 3 heteroatoms. The summed E-state index contributed by atoms with van der Waals surface area (Å²) in [6, 6.07) is 18.5. The lowest BCUT2D eigenvalue weighted by atomic mass is 9.90. The first kappa shape index (κ1) is 15.2. The molecule has 3 rings (SSSR count). The van der Waals surface area contributed by atoms with Crippen molar-refractivity contribution in [2.45, 2.75) is 32.1 Å². The molecule has 1 saturated carbocycles. The summed E-state index contributed by atoms with van der Waals surface area (Å²) in [6.45, 7) is 0. The largest absolute Gasteiger partial charge is 0.306 e. The Morgan fingerprint density at radius 2 is 1.23 bits per heavy atom. The van der Waals surface area contributed by atoms with Crippen molar-refractivity contribution in [2.24, 2.45) is 5.92 Å². The van der Waals surface area contributed by atoms with E-state index in [9.17, 15) is 9.36 Å². The minimum absolute atomic E-state index is 0.0513. The fourth-order valence-electron chi connectivity index (χ4n) is 3.29. The van der Waals surface area contributed by atoms with Crippen molar-refractivity contribution >= 4 is 23.3 Å². The zero-order chi connectivity index (χ0) is 15.4. The van der Waals surface area contributed by atoms with Gasteiger partial charge in [-0.3, -0.25) is 4.79 Å². The van der Waals surface area contributed by atoms with E-state index >= 15 is 0 Å². The first-order valence-corrected chi connectivity index (χ1v) is 9.69. The van der Waals surface area contributed by atoms with Crippen molar-refractivity contribution in [3.05, 3.63) is 60.7 Å². The van der Waals surface area contributed by atoms with E-state index in [0.29, 0.717) is 10.6 Å². The molecule has 0 aromatic heterocycles. The van der Waals surface area contributed by atoms with Gasteiger partial charge < -0.3 is 4.57 Å². The molecule has 2 aromatic rings. The molecule has 0 aliphatic heterocycles. The Labute approximate surface area is 131 Å². The summed E-state index contributed by atoms with van der Waals surface area (Å²) in [5.74, 6) is -0.0556. The monoisotopic (exact) mass is 312 g/mol. The summed E-state index contributed by atoms with van der Waals surface area (Å²) in [5, 5.41) is 1.33. The molecule has 0 N–H and O–H groups in total. The quantitative estimate of drug-likeness (QED) is 0.796. The van der Waals surface area contributed by atoms with Gasteiger partial charge in [-0.05, 0) is 12.8 Å². The van der Waals surface area contributed by atoms with Crippen molar-refractivity contribution in [3.8, 4) is 0 Å². The van der Waals surface area contributed by atoms with Crippen LogP contribution in [0.25, 0.3) is 0 Å². The van der Waals surface area contributed by atoms with Gasteiger partial charge in [0.1, 0.15) is 0 Å². The van der Waals surface area contributed by atoms with Crippen molar-refractivity contribution in [1.82, 2.24) is 0 Å². The van der Waals surface area contributed by atoms with Crippen LogP contribution in [0.15, 0.2) is 60.7 Å². The molecular weight excluding hydrogens is 291 g/mol. The van der Waals surface area contributed by atoms with Crippen LogP contribution >= 0.6 is 7.14 Å². The highest BCUT2D eigenvalue weighted by atomic mass is 31.2. The fraction of sp³-hybridized carbons (Fsp3) is 0.316. The molecule has 0 bridgehead atoms. The normalized spacial score (nSPS) is 16.4. The Balaban J connectivity index is 2.07. The molecule has 114 valence electrons. The number of hydrogen-bond donors (Lipinski definition) is 0. The van der Waals surface area contributed by atoms with Crippen LogP contribution in [0.2, 0.25) is 0 Å². The average molecular weight is 312 g/mol. The molecule has 2 nitrogen and oxygen atoms in total. The van der Waals surface area contributed by atoms with Gasteiger partial charge in [-0.25, -0.2) is 0 Å². The molecule has 0 spiro atoms. The van der Waals surface area contributed by atoms with Crippen molar-refractivity contribution in [3.63, 3.8) is 0 Å². The maximum atomic E-state index is 13.9. The fourth-order valence-corrected chi connectivity index (χ4v) is 6.05. The Kier molecular flexibility index (Phi) is 4.59. The van der Waals surface area contributed by atoms with Gasteiger partial charge >= 0.3 is 0 Å². The van der Waals surface area contributed by atoms with Crippen LogP contribution in [-0.2, 0) is 9.36 Å². The summed E-state index contributed by atoms with van der Waals surface area (Å²) in [6.07, 6.45) is 5.08. The molecule has 1 aliphatic rings. The van der Waals surface area contributed by atoms with E-state index in [1.807, 2.05) is 60.7 Å². The number of carbonyl (C=O) groups excluding carboxylic acids is 1. The zero-order valence-corrected chi connectivity index (χ0v) is 13.5. The van der Waals surface area contributed by atoms with Gasteiger partial charge in [0, 0.05) is 16.5 Å². The van der Waals surface area contributed by atoms with E-state index in [0.717, 1.165) is 25.7 Å². The molecule has 0 amide bonds. The third-order valence-corrected chi connectivity index (χ3v) is 7.54. The van der Waals surface area contributed by atoms with Gasteiger partial charge in [-0.1, -0.05) is 79.9 Å². The highest BCUT2D eigenvalue weighted by Gasteiger charge is 2.40. The lowest BCUT2D eigenvalue weighted by Gasteiger charge is -2.26. The predicted molar refractivity (Wildman–Crippen MR) is 91.3 cm³/mol. The third-order valence-electron chi connectivity index (χ3n) is 4.50. The SMILES string of the molecule is O=C(C1CCCCC1)P(=O)(c1ccccc1)c1ccccc1. The van der Waals surface area contributed by atoms with E-state index < -0.39 is 7.14 Å². The van der Waals surface area contributed by atoms with Crippen LogP contribution in [0.3, 0.4) is 0 Å². The van der Waals surface area contributed by atoms with Gasteiger partial charge in [0.25, 0.3) is 0 Å². The lowest BCUT2D eigenvalue weighted by molar-refractivity contribution is -0.116. The predicted octanol–water partition coefficient (Wildman–Crippen LogP) is 4.11. The van der Waals surface area contributed by atoms with Crippen LogP contribution in [0, 0.1) is 5.92 Å². The molecule has 0 heterocycles. The standard InChI is InChI=1S/C19H21O2P/c20-19(16-10-4-1-5-11-16)22(21,17-12-6-2-7-13-17)18-14-8-3-9-15-18/h2-3,6-9,12-16H,1,4-5,10-11H2. The number of hydrogen-bond acceptors (Lipinski definition) is 2. The second-order valence-electron chi connectivity index (χ2n) is 5.95. The van der Waals surface area contributed by atoms with E-state index in [1.165, 1.54) is 6.42 Å². The summed E-state index contributed by atoms with van der Waals surface area (Å²) >= 11 is 0. The second kappa shape index (κ2) is 6.62. The first-order chi connectivity index (χ1) is 10.7. The first-order valence-electron chi connectivity index (χ1n) is 7.98. The van der Waals surface area contributed by atoms with Crippen LogP contribution in [0.4, 0.5) is 0 Å². The maximum Gasteiger partial charge on any atom is 0.205 e. The van der Waals surface area contributed by atoms with E-state index in [1.54, 1.807) is 0 Å². The smallest absolute Gasteiger partial charge is 0.205 e. The van der Waals surface area contributed by atoms with E-state index in [-0.39, 0.29) is 11.4 Å². The Hall–Kier alpha value is -1.66. The average Bonchev–Trinajstić information content (AvgIpc) is 2.62. The van der Waals surface area contributed by atoms with E-state index in [2.05, 4.69) is 0 Å². The van der Waals surface area contributed by atoms with Crippen LogP contribution < -0.4 is 10.6 Å². The van der Waals surface area contributed by atoms with Crippen LogP contribution in [-0.4, -0.2) is 5.52 Å². The van der Waals surface area contributed by atoms with Crippen LogP contribution in [0.5, 0.6) is 0 Å². The summed E-state index contributed by atoms with van der Waals surface area (Å²) in [4.78, 5) is 13.2. The highest BCUT2D eigenvalue weighted by Crippen LogP contribution is 2.49. The molecule has 1 fully saturated rings. The minimum Gasteiger partial charge on any atom is -0.306 e. The lowest BCUT2D eigenvalue weighted by Crippen LogP contribution is -2.28. The molecule has 22 heavy (non-hydrogen) atoms. The van der Waals surface area contributed by atoms with Crippen molar-refractivity contribution in [1.29, 1.82) is 0 Å². The van der Waals surface area contributed by atoms with Crippen molar-refractivity contribution < 1.29 is 9.36 Å². The second-order valence-corrected chi connectivity index (χ2v) is 8.65. The summed E-state index contributed by atoms with van der Waals surface area (Å²) in [7, 11) is -3.22. The third kappa shape index (κ3) is 2.80. The molecule has 0 radical (unpaired) electrons. The Bertz CT molecular complexity index is 630. The number of benzene rings is 2. The molecule has 0 unspecified atom stereocenters. The van der Waals surface area contributed by atoms with Crippen molar-refractivity contribution in [2.75, 3.05) is 0 Å². The highest BCUT2D eigenvalue weighted by molar-refractivity contribution is 7.93. The molecule has 0 atom stereocenters. The van der Waals surface area contributed by atoms with Gasteiger partial charge in [0.15, 0.2) is 0 Å². The minimum atomic E-state index is -3.22. The van der Waals surface area contributed by atoms with Gasteiger partial charge in [0.2, 0.25) is 12.7 Å². The molecule has 0 saturated heterocycles. The molecular formula is C19H21O2P. The Morgan fingerprint density at radius 3 is 1.68 bits per heavy atom. The van der Waals surface area contributed by atoms with Crippen LogP contribution in [0.1, 0.15) is 32.1 Å². The summed E-state index contributed by atoms with van der Waals surface area (Å²) < 4.78 is 13.9. The summed E-state index contributed by atoms with van der Waals surface area (Å²) in [5.41, 5.74) is -0.0513.